The van der Waals surface area contributed by atoms with E-state index in [1.807, 2.05) is 49.0 Å². The van der Waals surface area contributed by atoms with Crippen LogP contribution in [0.1, 0.15) is 23.0 Å². The lowest BCUT2D eigenvalue weighted by Crippen LogP contribution is -2.36. The van der Waals surface area contributed by atoms with Gasteiger partial charge in [-0.2, -0.15) is 0 Å². The molecule has 7 nitrogen and oxygen atoms in total. The second-order valence-corrected chi connectivity index (χ2v) is 7.53. The molecule has 8 heteroatoms. The van der Waals surface area contributed by atoms with Crippen LogP contribution in [0.4, 0.5) is 0 Å². The smallest absolute Gasteiger partial charge is 0.261 e. The standard InChI is InChI=1S/C22H20ClN5O2/c1-14-4-3-5-17-19(14)25-13-28(22(17)30)12-18(29)26-20(21-24-10-11-27(21)2)15-6-8-16(23)9-7-15/h3-11,13,20H,12H2,1-2H3,(H,26,29). The minimum atomic E-state index is -0.485. The Morgan fingerprint density at radius 2 is 1.93 bits per heavy atom. The van der Waals surface area contributed by atoms with Crippen molar-refractivity contribution in [3.8, 4) is 0 Å². The van der Waals surface area contributed by atoms with E-state index in [4.69, 9.17) is 11.6 Å². The second-order valence-electron chi connectivity index (χ2n) is 7.10. The molecule has 2 aromatic heterocycles. The Balaban J connectivity index is 1.63. The molecule has 0 spiro atoms. The fourth-order valence-electron chi connectivity index (χ4n) is 3.42. The highest BCUT2D eigenvalue weighted by atomic mass is 35.5. The van der Waals surface area contributed by atoms with Gasteiger partial charge < -0.3 is 9.88 Å². The number of imidazole rings is 1. The van der Waals surface area contributed by atoms with Crippen molar-refractivity contribution >= 4 is 28.4 Å². The highest BCUT2D eigenvalue weighted by Crippen LogP contribution is 2.22. The summed E-state index contributed by atoms with van der Waals surface area (Å²) in [7, 11) is 1.86. The topological polar surface area (TPSA) is 81.8 Å². The van der Waals surface area contributed by atoms with Crippen molar-refractivity contribution in [2.75, 3.05) is 0 Å². The van der Waals surface area contributed by atoms with E-state index < -0.39 is 6.04 Å². The van der Waals surface area contributed by atoms with Gasteiger partial charge in [0.1, 0.15) is 18.4 Å². The van der Waals surface area contributed by atoms with Crippen molar-refractivity contribution in [1.29, 1.82) is 0 Å². The molecule has 2 heterocycles. The van der Waals surface area contributed by atoms with E-state index in [2.05, 4.69) is 15.3 Å². The van der Waals surface area contributed by atoms with E-state index in [1.54, 1.807) is 24.4 Å². The lowest BCUT2D eigenvalue weighted by Gasteiger charge is -2.19. The minimum Gasteiger partial charge on any atom is -0.341 e. The summed E-state index contributed by atoms with van der Waals surface area (Å²) in [6, 6.07) is 12.1. The minimum absolute atomic E-state index is 0.149. The van der Waals surface area contributed by atoms with Crippen LogP contribution in [0.3, 0.4) is 0 Å². The van der Waals surface area contributed by atoms with Gasteiger partial charge in [0.2, 0.25) is 5.91 Å². The first-order chi connectivity index (χ1) is 14.4. The first-order valence-corrected chi connectivity index (χ1v) is 9.78. The number of hydrogen-bond acceptors (Lipinski definition) is 4. The fourth-order valence-corrected chi connectivity index (χ4v) is 3.54. The number of carbonyl (C=O) groups is 1. The SMILES string of the molecule is Cc1cccc2c(=O)n(CC(=O)NC(c3ccc(Cl)cc3)c3nccn3C)cnc12. The van der Waals surface area contributed by atoms with Crippen molar-refractivity contribution < 1.29 is 4.79 Å². The van der Waals surface area contributed by atoms with Gasteiger partial charge in [0, 0.05) is 24.5 Å². The largest absolute Gasteiger partial charge is 0.341 e. The Morgan fingerprint density at radius 3 is 2.63 bits per heavy atom. The molecule has 0 aliphatic rings. The number of para-hydroxylation sites is 1. The van der Waals surface area contributed by atoms with Gasteiger partial charge in [0.25, 0.3) is 5.56 Å². The van der Waals surface area contributed by atoms with Crippen molar-refractivity contribution in [3.05, 3.63) is 93.5 Å². The molecule has 0 saturated heterocycles. The Hall–Kier alpha value is -3.45. The number of benzene rings is 2. The van der Waals surface area contributed by atoms with Gasteiger partial charge in [-0.15, -0.1) is 0 Å². The number of rotatable bonds is 5. The van der Waals surface area contributed by atoms with Crippen LogP contribution in [0.5, 0.6) is 0 Å². The molecule has 1 atom stereocenters. The number of nitrogens with one attached hydrogen (secondary N) is 1. The Morgan fingerprint density at radius 1 is 1.17 bits per heavy atom. The molecular formula is C22H20ClN5O2. The molecule has 0 aliphatic heterocycles. The van der Waals surface area contributed by atoms with Crippen LogP contribution in [0.2, 0.25) is 5.02 Å². The van der Waals surface area contributed by atoms with Crippen molar-refractivity contribution in [1.82, 2.24) is 24.4 Å². The maximum Gasteiger partial charge on any atom is 0.261 e. The third-order valence-electron chi connectivity index (χ3n) is 4.99. The van der Waals surface area contributed by atoms with E-state index in [0.717, 1.165) is 11.1 Å². The predicted octanol–water partition coefficient (Wildman–Crippen LogP) is 3.00. The Bertz CT molecular complexity index is 1280. The lowest BCUT2D eigenvalue weighted by atomic mass is 10.1. The van der Waals surface area contributed by atoms with Crippen LogP contribution in [0.25, 0.3) is 10.9 Å². The molecule has 0 aliphatic carbocycles. The van der Waals surface area contributed by atoms with Gasteiger partial charge in [-0.3, -0.25) is 14.2 Å². The number of aromatic nitrogens is 4. The molecular weight excluding hydrogens is 402 g/mol. The molecule has 0 fully saturated rings. The van der Waals surface area contributed by atoms with Crippen molar-refractivity contribution in [2.45, 2.75) is 19.5 Å². The molecule has 0 bridgehead atoms. The maximum atomic E-state index is 12.9. The predicted molar refractivity (Wildman–Crippen MR) is 115 cm³/mol. The van der Waals surface area contributed by atoms with E-state index in [1.165, 1.54) is 10.9 Å². The van der Waals surface area contributed by atoms with Crippen LogP contribution >= 0.6 is 11.6 Å². The highest BCUT2D eigenvalue weighted by molar-refractivity contribution is 6.30. The number of carbonyl (C=O) groups excluding carboxylic acids is 1. The maximum absolute atomic E-state index is 12.9. The van der Waals surface area contributed by atoms with Gasteiger partial charge in [-0.1, -0.05) is 35.9 Å². The number of aryl methyl sites for hydroxylation is 2. The van der Waals surface area contributed by atoms with Gasteiger partial charge in [-0.25, -0.2) is 9.97 Å². The van der Waals surface area contributed by atoms with Crippen LogP contribution in [-0.2, 0) is 18.4 Å². The third-order valence-corrected chi connectivity index (χ3v) is 5.25. The van der Waals surface area contributed by atoms with Crippen LogP contribution in [0.15, 0.2) is 66.0 Å². The number of fused-ring (bicyclic) bond motifs is 1. The molecule has 1 amide bonds. The normalized spacial score (nSPS) is 12.1. The van der Waals surface area contributed by atoms with Gasteiger partial charge in [-0.05, 0) is 36.2 Å². The van der Waals surface area contributed by atoms with E-state index >= 15 is 0 Å². The summed E-state index contributed by atoms with van der Waals surface area (Å²) in [5.41, 5.74) is 2.14. The van der Waals surface area contributed by atoms with Crippen LogP contribution in [-0.4, -0.2) is 25.0 Å². The summed E-state index contributed by atoms with van der Waals surface area (Å²) < 4.78 is 3.15. The Labute approximate surface area is 178 Å². The lowest BCUT2D eigenvalue weighted by molar-refractivity contribution is -0.122. The molecule has 4 aromatic rings. The van der Waals surface area contributed by atoms with Crippen LogP contribution in [0, 0.1) is 6.92 Å². The summed E-state index contributed by atoms with van der Waals surface area (Å²) in [5, 5.41) is 4.07. The van der Waals surface area contributed by atoms with Crippen molar-refractivity contribution in [3.63, 3.8) is 0 Å². The summed E-state index contributed by atoms with van der Waals surface area (Å²) >= 11 is 6.01. The van der Waals surface area contributed by atoms with Crippen molar-refractivity contribution in [2.24, 2.45) is 7.05 Å². The summed E-state index contributed by atoms with van der Waals surface area (Å²) in [4.78, 5) is 34.4. The zero-order valence-electron chi connectivity index (χ0n) is 16.5. The molecule has 152 valence electrons. The molecule has 0 radical (unpaired) electrons. The molecule has 30 heavy (non-hydrogen) atoms. The molecule has 1 unspecified atom stereocenters. The summed E-state index contributed by atoms with van der Waals surface area (Å²) in [6.07, 6.45) is 4.89. The van der Waals surface area contributed by atoms with E-state index in [9.17, 15) is 9.59 Å². The highest BCUT2D eigenvalue weighted by Gasteiger charge is 2.21. The van der Waals surface area contributed by atoms with Gasteiger partial charge in [0.15, 0.2) is 0 Å². The third kappa shape index (κ3) is 3.84. The second kappa shape index (κ2) is 8.12. The van der Waals surface area contributed by atoms with E-state index in [-0.39, 0.29) is 18.0 Å². The first-order valence-electron chi connectivity index (χ1n) is 9.41. The molecule has 1 N–H and O–H groups in total. The summed E-state index contributed by atoms with van der Waals surface area (Å²) in [5.74, 6) is 0.346. The molecule has 4 rings (SSSR count). The Kier molecular flexibility index (Phi) is 5.37. The average molecular weight is 422 g/mol. The quantitative estimate of drug-likeness (QED) is 0.537. The monoisotopic (exact) mass is 421 g/mol. The number of hydrogen-bond donors (Lipinski definition) is 1. The number of nitrogens with zero attached hydrogens (tertiary/aromatic N) is 4. The number of halogens is 1. The molecule has 0 saturated carbocycles. The molecule has 2 aromatic carbocycles. The zero-order valence-corrected chi connectivity index (χ0v) is 17.3. The average Bonchev–Trinajstić information content (AvgIpc) is 3.15. The first kappa shape index (κ1) is 19.8. The van der Waals surface area contributed by atoms with E-state index in [0.29, 0.717) is 21.7 Å². The zero-order chi connectivity index (χ0) is 21.3. The van der Waals surface area contributed by atoms with Gasteiger partial charge in [0.05, 0.1) is 17.2 Å². The van der Waals surface area contributed by atoms with Crippen LogP contribution < -0.4 is 10.9 Å². The number of amides is 1. The summed E-state index contributed by atoms with van der Waals surface area (Å²) in [6.45, 7) is 1.75. The van der Waals surface area contributed by atoms with Gasteiger partial charge >= 0.3 is 0 Å². The fraction of sp³-hybridized carbons (Fsp3) is 0.182.